The first-order chi connectivity index (χ1) is 9.45. The van der Waals surface area contributed by atoms with Gasteiger partial charge in [0.25, 0.3) is 0 Å². The Hall–Kier alpha value is -1.59. The van der Waals surface area contributed by atoms with Gasteiger partial charge in [-0.05, 0) is 31.5 Å². The van der Waals surface area contributed by atoms with Gasteiger partial charge in [-0.25, -0.2) is 18.7 Å². The highest BCUT2D eigenvalue weighted by atomic mass is 35.5. The summed E-state index contributed by atoms with van der Waals surface area (Å²) < 4.78 is 27.0. The first-order valence-corrected chi connectivity index (χ1v) is 7.05. The summed E-state index contributed by atoms with van der Waals surface area (Å²) in [7, 11) is 0. The van der Waals surface area contributed by atoms with E-state index in [9.17, 15) is 8.78 Å². The fourth-order valence-corrected chi connectivity index (χ4v) is 3.11. The molecule has 0 fully saturated rings. The Bertz CT molecular complexity index is 810. The number of halogens is 3. The molecule has 6 heteroatoms. The number of benzene rings is 1. The van der Waals surface area contributed by atoms with Gasteiger partial charge in [-0.15, -0.1) is 11.3 Å². The van der Waals surface area contributed by atoms with E-state index in [4.69, 9.17) is 11.6 Å². The van der Waals surface area contributed by atoms with Gasteiger partial charge in [-0.3, -0.25) is 0 Å². The van der Waals surface area contributed by atoms with Gasteiger partial charge in [-0.1, -0.05) is 11.6 Å². The van der Waals surface area contributed by atoms with E-state index >= 15 is 0 Å². The van der Waals surface area contributed by atoms with Gasteiger partial charge in [0.2, 0.25) is 0 Å². The third-order valence-electron chi connectivity index (χ3n) is 3.06. The summed E-state index contributed by atoms with van der Waals surface area (Å²) in [4.78, 5) is 10.3. The molecule has 0 saturated heterocycles. The number of rotatable bonds is 1. The molecule has 0 aliphatic rings. The van der Waals surface area contributed by atoms with Crippen LogP contribution in [0.5, 0.6) is 0 Å². The molecule has 102 valence electrons. The number of hydrogen-bond donors (Lipinski definition) is 0. The van der Waals surface area contributed by atoms with Gasteiger partial charge in [0, 0.05) is 16.3 Å². The van der Waals surface area contributed by atoms with Gasteiger partial charge < -0.3 is 0 Å². The average molecular weight is 311 g/mol. The van der Waals surface area contributed by atoms with Crippen molar-refractivity contribution in [3.05, 3.63) is 45.4 Å². The van der Waals surface area contributed by atoms with E-state index in [1.54, 1.807) is 0 Å². The Balaban J connectivity index is 2.29. The van der Waals surface area contributed by atoms with E-state index < -0.39 is 11.6 Å². The summed E-state index contributed by atoms with van der Waals surface area (Å²) in [6.45, 7) is 3.97. The van der Waals surface area contributed by atoms with Crippen LogP contribution in [0.1, 0.15) is 10.4 Å². The van der Waals surface area contributed by atoms with E-state index in [-0.39, 0.29) is 16.1 Å². The lowest BCUT2D eigenvalue weighted by Crippen LogP contribution is -1.94. The number of fused-ring (bicyclic) bond motifs is 1. The number of thiophene rings is 1. The molecule has 3 rings (SSSR count). The SMILES string of the molecule is Cc1cc(-c2nc(Cl)c3cc(F)cc(F)c3n2)sc1C. The predicted octanol–water partition coefficient (Wildman–Crippen LogP) is 4.91. The zero-order valence-electron chi connectivity index (χ0n) is 10.7. The molecular formula is C14H9ClF2N2S. The number of aryl methyl sites for hydroxylation is 2. The molecular weight excluding hydrogens is 302 g/mol. The molecule has 2 nitrogen and oxygen atoms in total. The van der Waals surface area contributed by atoms with Crippen LogP contribution in [0.3, 0.4) is 0 Å². The fourth-order valence-electron chi connectivity index (χ4n) is 1.91. The summed E-state index contributed by atoms with van der Waals surface area (Å²) in [5.41, 5.74) is 1.15. The number of nitrogens with zero attached hydrogens (tertiary/aromatic N) is 2. The van der Waals surface area contributed by atoms with Crippen molar-refractivity contribution in [3.8, 4) is 10.7 Å². The van der Waals surface area contributed by atoms with Gasteiger partial charge in [0.05, 0.1) is 4.88 Å². The van der Waals surface area contributed by atoms with E-state index in [1.807, 2.05) is 19.9 Å². The number of hydrogen-bond acceptors (Lipinski definition) is 3. The highest BCUT2D eigenvalue weighted by molar-refractivity contribution is 7.15. The van der Waals surface area contributed by atoms with Crippen LogP contribution in [0.25, 0.3) is 21.6 Å². The van der Waals surface area contributed by atoms with Gasteiger partial charge in [0.15, 0.2) is 11.6 Å². The molecule has 0 spiro atoms. The minimum absolute atomic E-state index is 0.0325. The van der Waals surface area contributed by atoms with Crippen molar-refractivity contribution in [3.63, 3.8) is 0 Å². The van der Waals surface area contributed by atoms with Crippen molar-refractivity contribution < 1.29 is 8.78 Å². The van der Waals surface area contributed by atoms with Crippen molar-refractivity contribution in [2.24, 2.45) is 0 Å². The van der Waals surface area contributed by atoms with Crippen molar-refractivity contribution in [2.45, 2.75) is 13.8 Å². The molecule has 3 aromatic rings. The molecule has 0 aliphatic carbocycles. The molecule has 0 radical (unpaired) electrons. The van der Waals surface area contributed by atoms with Crippen LogP contribution in [0.15, 0.2) is 18.2 Å². The van der Waals surface area contributed by atoms with Crippen LogP contribution >= 0.6 is 22.9 Å². The topological polar surface area (TPSA) is 25.8 Å². The molecule has 0 N–H and O–H groups in total. The average Bonchev–Trinajstić information content (AvgIpc) is 2.71. The summed E-state index contributed by atoms with van der Waals surface area (Å²) >= 11 is 7.54. The third kappa shape index (κ3) is 2.17. The second-order valence-electron chi connectivity index (χ2n) is 4.47. The maximum Gasteiger partial charge on any atom is 0.171 e. The molecule has 0 aliphatic heterocycles. The first kappa shape index (κ1) is 13.4. The van der Waals surface area contributed by atoms with E-state index in [0.717, 1.165) is 27.5 Å². The van der Waals surface area contributed by atoms with Crippen LogP contribution < -0.4 is 0 Å². The fraction of sp³-hybridized carbons (Fsp3) is 0.143. The highest BCUT2D eigenvalue weighted by Gasteiger charge is 2.14. The van der Waals surface area contributed by atoms with Crippen LogP contribution in [0.2, 0.25) is 5.15 Å². The van der Waals surface area contributed by atoms with Gasteiger partial charge in [-0.2, -0.15) is 0 Å². The highest BCUT2D eigenvalue weighted by Crippen LogP contribution is 2.32. The summed E-state index contributed by atoms with van der Waals surface area (Å²) in [6.07, 6.45) is 0. The maximum absolute atomic E-state index is 13.8. The Kier molecular flexibility index (Phi) is 3.18. The third-order valence-corrected chi connectivity index (χ3v) is 4.50. The van der Waals surface area contributed by atoms with E-state index in [1.165, 1.54) is 11.3 Å². The molecule has 0 bridgehead atoms. The number of aromatic nitrogens is 2. The normalized spacial score (nSPS) is 11.2. The smallest absolute Gasteiger partial charge is 0.171 e. The summed E-state index contributed by atoms with van der Waals surface area (Å²) in [5, 5.41) is 0.227. The van der Waals surface area contributed by atoms with Crippen molar-refractivity contribution >= 4 is 33.8 Å². The molecule has 2 heterocycles. The van der Waals surface area contributed by atoms with E-state index in [2.05, 4.69) is 9.97 Å². The summed E-state index contributed by atoms with van der Waals surface area (Å²) in [5.74, 6) is -1.08. The quantitative estimate of drug-likeness (QED) is 0.597. The minimum atomic E-state index is -0.740. The van der Waals surface area contributed by atoms with Gasteiger partial charge in [0.1, 0.15) is 16.5 Å². The Morgan fingerprint density at radius 1 is 1.10 bits per heavy atom. The lowest BCUT2D eigenvalue weighted by atomic mass is 10.2. The molecule has 0 saturated carbocycles. The minimum Gasteiger partial charge on any atom is -0.224 e. The lowest BCUT2D eigenvalue weighted by molar-refractivity contribution is 0.590. The molecule has 0 atom stereocenters. The molecule has 0 unspecified atom stereocenters. The van der Waals surface area contributed by atoms with Crippen LogP contribution in [0.4, 0.5) is 8.78 Å². The van der Waals surface area contributed by atoms with Crippen molar-refractivity contribution in [2.75, 3.05) is 0 Å². The molecule has 1 aromatic carbocycles. The molecule has 20 heavy (non-hydrogen) atoms. The van der Waals surface area contributed by atoms with Crippen LogP contribution in [-0.2, 0) is 0 Å². The second kappa shape index (κ2) is 4.75. The summed E-state index contributed by atoms with van der Waals surface area (Å²) in [6, 6.07) is 3.86. The first-order valence-electron chi connectivity index (χ1n) is 5.85. The molecule has 0 amide bonds. The van der Waals surface area contributed by atoms with Crippen molar-refractivity contribution in [1.82, 2.24) is 9.97 Å². The standard InChI is InChI=1S/C14H9ClF2N2S/c1-6-3-11(20-7(6)2)14-18-12-9(13(15)19-14)4-8(16)5-10(12)17/h3-5H,1-2H3. The van der Waals surface area contributed by atoms with Crippen molar-refractivity contribution in [1.29, 1.82) is 0 Å². The zero-order chi connectivity index (χ0) is 14.4. The van der Waals surface area contributed by atoms with Gasteiger partial charge >= 0.3 is 0 Å². The monoisotopic (exact) mass is 310 g/mol. The molecule has 2 aromatic heterocycles. The van der Waals surface area contributed by atoms with Crippen LogP contribution in [-0.4, -0.2) is 9.97 Å². The Morgan fingerprint density at radius 2 is 1.85 bits per heavy atom. The lowest BCUT2D eigenvalue weighted by Gasteiger charge is -2.04. The Labute approximate surface area is 123 Å². The van der Waals surface area contributed by atoms with Crippen LogP contribution in [0, 0.1) is 25.5 Å². The van der Waals surface area contributed by atoms with E-state index in [0.29, 0.717) is 5.82 Å². The Morgan fingerprint density at radius 3 is 2.50 bits per heavy atom. The largest absolute Gasteiger partial charge is 0.224 e. The maximum atomic E-state index is 13.8. The second-order valence-corrected chi connectivity index (χ2v) is 6.09. The zero-order valence-corrected chi connectivity index (χ0v) is 12.2. The predicted molar refractivity (Wildman–Crippen MR) is 77.3 cm³/mol.